The van der Waals surface area contributed by atoms with Crippen molar-refractivity contribution >= 4 is 21.8 Å². The molecule has 0 saturated heterocycles. The van der Waals surface area contributed by atoms with Crippen molar-refractivity contribution in [3.8, 4) is 0 Å². The molecule has 0 aromatic rings. The van der Waals surface area contributed by atoms with Crippen LogP contribution in [0.2, 0.25) is 0 Å². The standard InChI is InChI=1S/C17H32BrNO/c1-5-6-12-19(13-11-18)16(20)14-7-9-15(10-8-14)17(2,3)4/h14-15H,5-13H2,1-4H3. The molecule has 0 radical (unpaired) electrons. The Morgan fingerprint density at radius 1 is 1.15 bits per heavy atom. The van der Waals surface area contributed by atoms with Crippen LogP contribution in [0.4, 0.5) is 0 Å². The molecule has 2 nitrogen and oxygen atoms in total. The van der Waals surface area contributed by atoms with Crippen LogP contribution in [0.5, 0.6) is 0 Å². The summed E-state index contributed by atoms with van der Waals surface area (Å²) in [6.45, 7) is 11.0. The lowest BCUT2D eigenvalue weighted by atomic mass is 9.69. The maximum absolute atomic E-state index is 12.7. The van der Waals surface area contributed by atoms with E-state index in [2.05, 4.69) is 48.5 Å². The monoisotopic (exact) mass is 345 g/mol. The number of nitrogens with zero attached hydrogens (tertiary/aromatic N) is 1. The lowest BCUT2D eigenvalue weighted by molar-refractivity contribution is -0.137. The maximum atomic E-state index is 12.7. The number of amides is 1. The quantitative estimate of drug-likeness (QED) is 0.629. The van der Waals surface area contributed by atoms with Gasteiger partial charge in [-0.15, -0.1) is 0 Å². The van der Waals surface area contributed by atoms with Gasteiger partial charge in [0.2, 0.25) is 5.91 Å². The van der Waals surface area contributed by atoms with E-state index in [9.17, 15) is 4.79 Å². The molecule has 3 heteroatoms. The van der Waals surface area contributed by atoms with E-state index in [0.717, 1.165) is 50.0 Å². The predicted octanol–water partition coefficient (Wildman–Crippen LogP) is 4.86. The lowest BCUT2D eigenvalue weighted by Crippen LogP contribution is -2.40. The van der Waals surface area contributed by atoms with Crippen LogP contribution in [0.1, 0.15) is 66.2 Å². The second kappa shape index (κ2) is 8.41. The molecule has 0 atom stereocenters. The van der Waals surface area contributed by atoms with Crippen molar-refractivity contribution in [3.05, 3.63) is 0 Å². The summed E-state index contributed by atoms with van der Waals surface area (Å²) < 4.78 is 0. The Morgan fingerprint density at radius 2 is 1.75 bits per heavy atom. The van der Waals surface area contributed by atoms with E-state index in [1.807, 2.05) is 0 Å². The summed E-state index contributed by atoms with van der Waals surface area (Å²) in [5.41, 5.74) is 0.395. The summed E-state index contributed by atoms with van der Waals surface area (Å²) >= 11 is 3.48. The number of unbranched alkanes of at least 4 members (excludes halogenated alkanes) is 1. The summed E-state index contributed by atoms with van der Waals surface area (Å²) in [6.07, 6.45) is 6.89. The molecule has 0 bridgehead atoms. The average molecular weight is 346 g/mol. The fourth-order valence-electron chi connectivity index (χ4n) is 3.25. The third kappa shape index (κ3) is 5.38. The van der Waals surface area contributed by atoms with Gasteiger partial charge in [0.1, 0.15) is 0 Å². The van der Waals surface area contributed by atoms with Crippen molar-refractivity contribution in [1.82, 2.24) is 4.90 Å². The number of carbonyl (C=O) groups is 1. The first-order chi connectivity index (χ1) is 9.40. The molecule has 0 aromatic carbocycles. The number of hydrogen-bond acceptors (Lipinski definition) is 1. The van der Waals surface area contributed by atoms with E-state index < -0.39 is 0 Å². The minimum atomic E-state index is 0.282. The Hall–Kier alpha value is -0.0500. The molecule has 0 N–H and O–H groups in total. The van der Waals surface area contributed by atoms with Crippen LogP contribution in [-0.2, 0) is 4.79 Å². The van der Waals surface area contributed by atoms with Crippen LogP contribution in [0.3, 0.4) is 0 Å². The van der Waals surface area contributed by atoms with E-state index in [1.165, 1.54) is 12.8 Å². The normalized spacial score (nSPS) is 23.6. The van der Waals surface area contributed by atoms with Gasteiger partial charge in [-0.3, -0.25) is 4.79 Å². The van der Waals surface area contributed by atoms with Crippen molar-refractivity contribution in [2.45, 2.75) is 66.2 Å². The number of rotatable bonds is 6. The van der Waals surface area contributed by atoms with Gasteiger partial charge in [0, 0.05) is 24.3 Å². The van der Waals surface area contributed by atoms with E-state index in [0.29, 0.717) is 11.3 Å². The molecule has 20 heavy (non-hydrogen) atoms. The Kier molecular flexibility index (Phi) is 7.57. The molecule has 1 saturated carbocycles. The van der Waals surface area contributed by atoms with Crippen LogP contribution in [0, 0.1) is 17.3 Å². The van der Waals surface area contributed by atoms with E-state index in [1.54, 1.807) is 0 Å². The molecule has 1 aliphatic rings. The lowest BCUT2D eigenvalue weighted by Gasteiger charge is -2.38. The number of halogens is 1. The van der Waals surface area contributed by atoms with Crippen LogP contribution in [-0.4, -0.2) is 29.2 Å². The van der Waals surface area contributed by atoms with Gasteiger partial charge in [-0.1, -0.05) is 50.0 Å². The molecule has 1 rings (SSSR count). The molecule has 1 fully saturated rings. The molecule has 1 amide bonds. The van der Waals surface area contributed by atoms with Crippen LogP contribution < -0.4 is 0 Å². The molecule has 0 spiro atoms. The van der Waals surface area contributed by atoms with Crippen LogP contribution >= 0.6 is 15.9 Å². The van der Waals surface area contributed by atoms with Gasteiger partial charge in [-0.2, -0.15) is 0 Å². The Morgan fingerprint density at radius 3 is 2.20 bits per heavy atom. The number of hydrogen-bond donors (Lipinski definition) is 0. The zero-order valence-electron chi connectivity index (χ0n) is 13.8. The van der Waals surface area contributed by atoms with E-state index >= 15 is 0 Å². The van der Waals surface area contributed by atoms with Gasteiger partial charge in [0.15, 0.2) is 0 Å². The van der Waals surface area contributed by atoms with Gasteiger partial charge < -0.3 is 4.90 Å². The summed E-state index contributed by atoms with van der Waals surface area (Å²) in [7, 11) is 0. The molecule has 0 unspecified atom stereocenters. The van der Waals surface area contributed by atoms with Crippen LogP contribution in [0.25, 0.3) is 0 Å². The highest BCUT2D eigenvalue weighted by Gasteiger charge is 2.33. The van der Waals surface area contributed by atoms with Gasteiger partial charge in [-0.25, -0.2) is 0 Å². The third-order valence-electron chi connectivity index (χ3n) is 4.75. The van der Waals surface area contributed by atoms with Gasteiger partial charge in [0.05, 0.1) is 0 Å². The highest BCUT2D eigenvalue weighted by atomic mass is 79.9. The molecule has 0 aliphatic heterocycles. The van der Waals surface area contributed by atoms with Crippen molar-refractivity contribution in [2.75, 3.05) is 18.4 Å². The Labute approximate surface area is 133 Å². The highest BCUT2D eigenvalue weighted by molar-refractivity contribution is 9.09. The van der Waals surface area contributed by atoms with Crippen molar-refractivity contribution in [3.63, 3.8) is 0 Å². The average Bonchev–Trinajstić information content (AvgIpc) is 2.42. The fourth-order valence-corrected chi connectivity index (χ4v) is 3.68. The van der Waals surface area contributed by atoms with Crippen LogP contribution in [0.15, 0.2) is 0 Å². The first-order valence-electron chi connectivity index (χ1n) is 8.24. The summed E-state index contributed by atoms with van der Waals surface area (Å²) in [6, 6.07) is 0. The first-order valence-corrected chi connectivity index (χ1v) is 9.37. The second-order valence-electron chi connectivity index (χ2n) is 7.28. The highest BCUT2D eigenvalue weighted by Crippen LogP contribution is 2.40. The smallest absolute Gasteiger partial charge is 0.225 e. The second-order valence-corrected chi connectivity index (χ2v) is 8.08. The summed E-state index contributed by atoms with van der Waals surface area (Å²) in [5, 5.41) is 0.889. The van der Waals surface area contributed by atoms with Crippen molar-refractivity contribution in [2.24, 2.45) is 17.3 Å². The van der Waals surface area contributed by atoms with Crippen molar-refractivity contribution < 1.29 is 4.79 Å². The number of carbonyl (C=O) groups excluding carboxylic acids is 1. The predicted molar refractivity (Wildman–Crippen MR) is 90.2 cm³/mol. The third-order valence-corrected chi connectivity index (χ3v) is 5.10. The summed E-state index contributed by atoms with van der Waals surface area (Å²) in [4.78, 5) is 14.7. The van der Waals surface area contributed by atoms with E-state index in [-0.39, 0.29) is 5.92 Å². The zero-order valence-corrected chi connectivity index (χ0v) is 15.3. The van der Waals surface area contributed by atoms with Crippen molar-refractivity contribution in [1.29, 1.82) is 0 Å². The SMILES string of the molecule is CCCCN(CCBr)C(=O)C1CCC(C(C)(C)C)CC1. The van der Waals surface area contributed by atoms with Gasteiger partial charge >= 0.3 is 0 Å². The molecule has 0 heterocycles. The molecular formula is C17H32BrNO. The minimum absolute atomic E-state index is 0.282. The Balaban J connectivity index is 2.51. The maximum Gasteiger partial charge on any atom is 0.225 e. The molecular weight excluding hydrogens is 314 g/mol. The Bertz CT molecular complexity index is 290. The van der Waals surface area contributed by atoms with Gasteiger partial charge in [0.25, 0.3) is 0 Å². The molecule has 0 aromatic heterocycles. The minimum Gasteiger partial charge on any atom is -0.342 e. The zero-order chi connectivity index (χ0) is 15.2. The van der Waals surface area contributed by atoms with Gasteiger partial charge in [-0.05, 0) is 43.4 Å². The first kappa shape index (κ1) is 18.0. The molecule has 1 aliphatic carbocycles. The number of alkyl halides is 1. The topological polar surface area (TPSA) is 20.3 Å². The largest absolute Gasteiger partial charge is 0.342 e. The fraction of sp³-hybridized carbons (Fsp3) is 0.941. The molecule has 118 valence electrons. The summed E-state index contributed by atoms with van der Waals surface area (Å²) in [5.74, 6) is 1.47. The van der Waals surface area contributed by atoms with E-state index in [4.69, 9.17) is 0 Å².